The minimum Gasteiger partial charge on any atom is -0.336 e. The molecule has 29 heavy (non-hydrogen) atoms. The lowest BCUT2D eigenvalue weighted by molar-refractivity contribution is -0.141. The SMILES string of the molecule is CN(CC(=O)N1N=C(c2ccccc2F)CC1c1ccccc1F)C(=O)C1CC1. The van der Waals surface area contributed by atoms with E-state index in [0.29, 0.717) is 11.3 Å². The maximum absolute atomic E-state index is 14.5. The molecule has 0 bridgehead atoms. The van der Waals surface area contributed by atoms with Crippen LogP contribution in [0.25, 0.3) is 0 Å². The van der Waals surface area contributed by atoms with Crippen molar-refractivity contribution >= 4 is 17.5 Å². The molecule has 0 aromatic heterocycles. The van der Waals surface area contributed by atoms with Gasteiger partial charge in [-0.15, -0.1) is 0 Å². The molecule has 4 rings (SSSR count). The van der Waals surface area contributed by atoms with Crippen LogP contribution in [-0.2, 0) is 9.59 Å². The van der Waals surface area contributed by atoms with Crippen molar-refractivity contribution in [1.29, 1.82) is 0 Å². The van der Waals surface area contributed by atoms with Gasteiger partial charge in [0.25, 0.3) is 5.91 Å². The quantitative estimate of drug-likeness (QED) is 0.775. The van der Waals surface area contributed by atoms with Gasteiger partial charge in [-0.2, -0.15) is 5.10 Å². The maximum Gasteiger partial charge on any atom is 0.262 e. The highest BCUT2D eigenvalue weighted by atomic mass is 19.1. The summed E-state index contributed by atoms with van der Waals surface area (Å²) in [4.78, 5) is 26.6. The van der Waals surface area contributed by atoms with Crippen LogP contribution in [0.5, 0.6) is 0 Å². The van der Waals surface area contributed by atoms with Crippen molar-refractivity contribution in [3.05, 3.63) is 71.3 Å². The van der Waals surface area contributed by atoms with E-state index in [1.807, 2.05) is 0 Å². The van der Waals surface area contributed by atoms with Gasteiger partial charge in [0.1, 0.15) is 18.2 Å². The van der Waals surface area contributed by atoms with Crippen LogP contribution in [0, 0.1) is 17.6 Å². The number of likely N-dealkylation sites (N-methyl/N-ethyl adjacent to an activating group) is 1. The molecule has 2 aromatic rings. The smallest absolute Gasteiger partial charge is 0.262 e. The Kier molecular flexibility index (Phi) is 5.13. The number of hydrogen-bond acceptors (Lipinski definition) is 3. The van der Waals surface area contributed by atoms with Crippen molar-refractivity contribution < 1.29 is 18.4 Å². The first-order chi connectivity index (χ1) is 14.0. The molecule has 1 saturated carbocycles. The third kappa shape index (κ3) is 3.90. The van der Waals surface area contributed by atoms with Gasteiger partial charge in [-0.05, 0) is 25.0 Å². The molecule has 1 aliphatic heterocycles. The van der Waals surface area contributed by atoms with E-state index >= 15 is 0 Å². The lowest BCUT2D eigenvalue weighted by atomic mass is 9.97. The number of rotatable bonds is 5. The summed E-state index contributed by atoms with van der Waals surface area (Å²) in [5.74, 6) is -1.41. The van der Waals surface area contributed by atoms with E-state index in [9.17, 15) is 18.4 Å². The molecule has 1 unspecified atom stereocenters. The summed E-state index contributed by atoms with van der Waals surface area (Å²) in [6.07, 6.45) is 1.87. The third-order valence-corrected chi connectivity index (χ3v) is 5.29. The number of benzene rings is 2. The predicted octanol–water partition coefficient (Wildman–Crippen LogP) is 3.51. The number of halogens is 2. The largest absolute Gasteiger partial charge is 0.336 e. The van der Waals surface area contributed by atoms with Gasteiger partial charge in [0, 0.05) is 30.5 Å². The second-order valence-corrected chi connectivity index (χ2v) is 7.47. The number of nitrogens with zero attached hydrogens (tertiary/aromatic N) is 3. The second kappa shape index (κ2) is 7.73. The average Bonchev–Trinajstić information content (AvgIpc) is 3.47. The van der Waals surface area contributed by atoms with Gasteiger partial charge in [0.15, 0.2) is 0 Å². The van der Waals surface area contributed by atoms with E-state index in [4.69, 9.17) is 0 Å². The zero-order valence-electron chi connectivity index (χ0n) is 16.0. The number of hydrazone groups is 1. The highest BCUT2D eigenvalue weighted by molar-refractivity contribution is 6.03. The molecule has 150 valence electrons. The van der Waals surface area contributed by atoms with Crippen molar-refractivity contribution in [3.8, 4) is 0 Å². The number of carbonyl (C=O) groups excluding carboxylic acids is 2. The minimum atomic E-state index is -0.692. The molecule has 5 nitrogen and oxygen atoms in total. The Bertz CT molecular complexity index is 988. The van der Waals surface area contributed by atoms with Crippen LogP contribution in [0.3, 0.4) is 0 Å². The molecule has 0 spiro atoms. The molecular formula is C22H21F2N3O2. The molecule has 0 saturated heterocycles. The monoisotopic (exact) mass is 397 g/mol. The fourth-order valence-electron chi connectivity index (χ4n) is 3.58. The fraction of sp³-hybridized carbons (Fsp3) is 0.318. The second-order valence-electron chi connectivity index (χ2n) is 7.47. The minimum absolute atomic E-state index is 0.00813. The molecule has 1 heterocycles. The Labute approximate surface area is 167 Å². The van der Waals surface area contributed by atoms with Gasteiger partial charge in [-0.25, -0.2) is 13.8 Å². The first-order valence-electron chi connectivity index (χ1n) is 9.59. The van der Waals surface area contributed by atoms with Gasteiger partial charge >= 0.3 is 0 Å². The lowest BCUT2D eigenvalue weighted by Crippen LogP contribution is -2.39. The molecule has 1 fully saturated rings. The lowest BCUT2D eigenvalue weighted by Gasteiger charge is -2.25. The van der Waals surface area contributed by atoms with Gasteiger partial charge in [-0.1, -0.05) is 36.4 Å². The van der Waals surface area contributed by atoms with Crippen LogP contribution in [0.4, 0.5) is 8.78 Å². The van der Waals surface area contributed by atoms with Gasteiger partial charge in [0.2, 0.25) is 5.91 Å². The summed E-state index contributed by atoms with van der Waals surface area (Å²) < 4.78 is 28.7. The van der Waals surface area contributed by atoms with Crippen LogP contribution in [0.2, 0.25) is 0 Å². The van der Waals surface area contributed by atoms with Crippen molar-refractivity contribution in [2.24, 2.45) is 11.0 Å². The Hall–Kier alpha value is -3.09. The summed E-state index contributed by atoms with van der Waals surface area (Å²) in [7, 11) is 1.58. The van der Waals surface area contributed by atoms with Gasteiger partial charge in [-0.3, -0.25) is 9.59 Å². The molecule has 0 radical (unpaired) electrons. The summed E-state index contributed by atoms with van der Waals surface area (Å²) in [6.45, 7) is -0.158. The Balaban J connectivity index is 1.64. The average molecular weight is 397 g/mol. The van der Waals surface area contributed by atoms with Crippen LogP contribution in [0.1, 0.15) is 36.4 Å². The number of amides is 2. The molecule has 1 atom stereocenters. The standard InChI is InChI=1S/C22H21F2N3O2/c1-26(22(29)14-10-11-14)13-21(28)27-20(16-7-3-5-9-18(16)24)12-19(25-27)15-6-2-4-8-17(15)23/h2-9,14,20H,10-13H2,1H3. The summed E-state index contributed by atoms with van der Waals surface area (Å²) >= 11 is 0. The molecule has 2 amide bonds. The summed E-state index contributed by atoms with van der Waals surface area (Å²) in [5.41, 5.74) is 0.972. The zero-order chi connectivity index (χ0) is 20.5. The van der Waals surface area contributed by atoms with Gasteiger partial charge < -0.3 is 4.90 Å². The first-order valence-corrected chi connectivity index (χ1v) is 9.59. The molecule has 2 aliphatic rings. The normalized spacial score (nSPS) is 18.5. The molecular weight excluding hydrogens is 376 g/mol. The van der Waals surface area contributed by atoms with E-state index in [2.05, 4.69) is 5.10 Å². The van der Waals surface area contributed by atoms with Crippen LogP contribution < -0.4 is 0 Å². The summed E-state index contributed by atoms with van der Waals surface area (Å²) in [5, 5.41) is 5.54. The Morgan fingerprint density at radius 3 is 2.38 bits per heavy atom. The fourth-order valence-corrected chi connectivity index (χ4v) is 3.58. The van der Waals surface area contributed by atoms with Crippen LogP contribution in [0.15, 0.2) is 53.6 Å². The van der Waals surface area contributed by atoms with E-state index < -0.39 is 23.6 Å². The third-order valence-electron chi connectivity index (χ3n) is 5.29. The van der Waals surface area contributed by atoms with Crippen molar-refractivity contribution in [2.45, 2.75) is 25.3 Å². The van der Waals surface area contributed by atoms with E-state index in [1.165, 1.54) is 22.0 Å². The maximum atomic E-state index is 14.5. The predicted molar refractivity (Wildman–Crippen MR) is 104 cm³/mol. The number of carbonyl (C=O) groups is 2. The zero-order valence-corrected chi connectivity index (χ0v) is 16.0. The highest BCUT2D eigenvalue weighted by Crippen LogP contribution is 2.35. The highest BCUT2D eigenvalue weighted by Gasteiger charge is 2.37. The van der Waals surface area contributed by atoms with Crippen molar-refractivity contribution in [1.82, 2.24) is 9.91 Å². The summed E-state index contributed by atoms with van der Waals surface area (Å²) in [6, 6.07) is 11.6. The van der Waals surface area contributed by atoms with E-state index in [-0.39, 0.29) is 30.4 Å². The topological polar surface area (TPSA) is 53.0 Å². The van der Waals surface area contributed by atoms with E-state index in [1.54, 1.807) is 43.4 Å². The van der Waals surface area contributed by atoms with Gasteiger partial charge in [0.05, 0.1) is 11.8 Å². The number of hydrogen-bond donors (Lipinski definition) is 0. The Morgan fingerprint density at radius 2 is 1.72 bits per heavy atom. The molecule has 0 N–H and O–H groups in total. The van der Waals surface area contributed by atoms with Crippen molar-refractivity contribution in [2.75, 3.05) is 13.6 Å². The molecule has 7 heteroatoms. The van der Waals surface area contributed by atoms with Crippen molar-refractivity contribution in [3.63, 3.8) is 0 Å². The molecule has 1 aliphatic carbocycles. The first kappa shape index (κ1) is 19.2. The van der Waals surface area contributed by atoms with Crippen LogP contribution in [-0.4, -0.2) is 41.0 Å². The van der Waals surface area contributed by atoms with Crippen LogP contribution >= 0.6 is 0 Å². The van der Waals surface area contributed by atoms with E-state index in [0.717, 1.165) is 12.8 Å². The molecule has 2 aromatic carbocycles. The Morgan fingerprint density at radius 1 is 1.07 bits per heavy atom.